The molecule has 2 atom stereocenters. The van der Waals surface area contributed by atoms with E-state index < -0.39 is 0 Å². The third-order valence-electron chi connectivity index (χ3n) is 3.54. The van der Waals surface area contributed by atoms with Gasteiger partial charge in [0.2, 0.25) is 0 Å². The summed E-state index contributed by atoms with van der Waals surface area (Å²) in [6, 6.07) is 0. The van der Waals surface area contributed by atoms with Gasteiger partial charge in [0.05, 0.1) is 6.10 Å². The van der Waals surface area contributed by atoms with Crippen molar-refractivity contribution in [2.45, 2.75) is 51.0 Å². The third kappa shape index (κ3) is 1.44. The molecule has 0 spiro atoms. The molecular formula is C10H18O. The van der Waals surface area contributed by atoms with Gasteiger partial charge in [-0.25, -0.2) is 0 Å². The summed E-state index contributed by atoms with van der Waals surface area (Å²) >= 11 is 0. The van der Waals surface area contributed by atoms with Crippen molar-refractivity contribution in [2.24, 2.45) is 11.8 Å². The van der Waals surface area contributed by atoms with Gasteiger partial charge >= 0.3 is 0 Å². The average molecular weight is 154 g/mol. The Morgan fingerprint density at radius 3 is 2.09 bits per heavy atom. The summed E-state index contributed by atoms with van der Waals surface area (Å²) in [6.45, 7) is 0. The number of aliphatic hydroxyl groups is 1. The van der Waals surface area contributed by atoms with E-state index >= 15 is 0 Å². The molecule has 0 aromatic rings. The summed E-state index contributed by atoms with van der Waals surface area (Å²) in [7, 11) is 0. The maximum Gasteiger partial charge on any atom is 0.0571 e. The van der Waals surface area contributed by atoms with Crippen molar-refractivity contribution in [1.82, 2.24) is 0 Å². The molecule has 0 radical (unpaired) electrons. The second-order valence-electron chi connectivity index (χ2n) is 4.21. The van der Waals surface area contributed by atoms with Crippen LogP contribution in [0.15, 0.2) is 0 Å². The van der Waals surface area contributed by atoms with E-state index in [1.165, 1.54) is 38.5 Å². The summed E-state index contributed by atoms with van der Waals surface area (Å²) in [5.41, 5.74) is 0. The van der Waals surface area contributed by atoms with Gasteiger partial charge in [0.25, 0.3) is 0 Å². The molecule has 0 heterocycles. The highest BCUT2D eigenvalue weighted by Gasteiger charge is 2.33. The molecule has 0 saturated heterocycles. The van der Waals surface area contributed by atoms with Crippen LogP contribution < -0.4 is 0 Å². The van der Waals surface area contributed by atoms with Crippen molar-refractivity contribution in [3.05, 3.63) is 0 Å². The molecule has 0 bridgehead atoms. The second kappa shape index (κ2) is 3.14. The van der Waals surface area contributed by atoms with E-state index in [9.17, 15) is 5.11 Å². The molecule has 0 amide bonds. The minimum Gasteiger partial charge on any atom is -0.393 e. The molecule has 1 N–H and O–H groups in total. The second-order valence-corrected chi connectivity index (χ2v) is 4.21. The minimum atomic E-state index is 0.0538. The molecule has 1 nitrogen and oxygen atoms in total. The zero-order valence-corrected chi connectivity index (χ0v) is 7.13. The van der Waals surface area contributed by atoms with Crippen molar-refractivity contribution in [3.8, 4) is 0 Å². The molecule has 0 aromatic heterocycles. The van der Waals surface area contributed by atoms with E-state index in [4.69, 9.17) is 0 Å². The molecule has 0 aromatic carbocycles. The lowest BCUT2D eigenvalue weighted by Gasteiger charge is -2.21. The van der Waals surface area contributed by atoms with Crippen LogP contribution in [0.4, 0.5) is 0 Å². The molecule has 0 aliphatic heterocycles. The Hall–Kier alpha value is -0.0400. The predicted molar refractivity (Wildman–Crippen MR) is 45.3 cm³/mol. The lowest BCUT2D eigenvalue weighted by Crippen LogP contribution is -2.20. The molecule has 2 saturated carbocycles. The van der Waals surface area contributed by atoms with Crippen molar-refractivity contribution < 1.29 is 5.11 Å². The highest BCUT2D eigenvalue weighted by molar-refractivity contribution is 4.84. The minimum absolute atomic E-state index is 0.0538. The summed E-state index contributed by atoms with van der Waals surface area (Å²) in [4.78, 5) is 0. The quantitative estimate of drug-likeness (QED) is 0.614. The Labute approximate surface area is 68.8 Å². The zero-order chi connectivity index (χ0) is 7.68. The Kier molecular flexibility index (Phi) is 2.17. The van der Waals surface area contributed by atoms with Gasteiger partial charge in [-0.15, -0.1) is 0 Å². The zero-order valence-electron chi connectivity index (χ0n) is 7.13. The Morgan fingerprint density at radius 1 is 0.818 bits per heavy atom. The van der Waals surface area contributed by atoms with Crippen molar-refractivity contribution in [2.75, 3.05) is 0 Å². The SMILES string of the molecule is O[C@@H]1CCC[C@H]1C1CCCC1. The van der Waals surface area contributed by atoms with Crippen LogP contribution in [0, 0.1) is 11.8 Å². The summed E-state index contributed by atoms with van der Waals surface area (Å²) in [6.07, 6.45) is 9.29. The summed E-state index contributed by atoms with van der Waals surface area (Å²) in [5, 5.41) is 9.65. The maximum absolute atomic E-state index is 9.65. The molecule has 1 heteroatoms. The lowest BCUT2D eigenvalue weighted by molar-refractivity contribution is 0.0994. The smallest absolute Gasteiger partial charge is 0.0571 e. The first-order valence-corrected chi connectivity index (χ1v) is 5.06. The predicted octanol–water partition coefficient (Wildman–Crippen LogP) is 2.34. The highest BCUT2D eigenvalue weighted by Crippen LogP contribution is 2.40. The van der Waals surface area contributed by atoms with E-state index in [1.807, 2.05) is 0 Å². The highest BCUT2D eigenvalue weighted by atomic mass is 16.3. The van der Waals surface area contributed by atoms with Crippen LogP contribution >= 0.6 is 0 Å². The van der Waals surface area contributed by atoms with Gasteiger partial charge in [-0.3, -0.25) is 0 Å². The average Bonchev–Trinajstić information content (AvgIpc) is 2.55. The first kappa shape index (κ1) is 7.60. The molecule has 64 valence electrons. The van der Waals surface area contributed by atoms with E-state index in [0.29, 0.717) is 5.92 Å². The van der Waals surface area contributed by atoms with Crippen LogP contribution in [0.2, 0.25) is 0 Å². The van der Waals surface area contributed by atoms with Gasteiger partial charge in [0, 0.05) is 0 Å². The van der Waals surface area contributed by atoms with Gasteiger partial charge in [-0.05, 0) is 24.7 Å². The molecule has 2 aliphatic rings. The maximum atomic E-state index is 9.65. The molecular weight excluding hydrogens is 136 g/mol. The van der Waals surface area contributed by atoms with Crippen molar-refractivity contribution >= 4 is 0 Å². The normalized spacial score (nSPS) is 40.1. The fourth-order valence-electron chi connectivity index (χ4n) is 2.90. The van der Waals surface area contributed by atoms with E-state index in [1.54, 1.807) is 0 Å². The van der Waals surface area contributed by atoms with Crippen LogP contribution in [0.3, 0.4) is 0 Å². The molecule has 2 rings (SSSR count). The third-order valence-corrected chi connectivity index (χ3v) is 3.54. The van der Waals surface area contributed by atoms with Crippen LogP contribution in [-0.2, 0) is 0 Å². The number of hydrogen-bond donors (Lipinski definition) is 1. The van der Waals surface area contributed by atoms with Gasteiger partial charge in [0.1, 0.15) is 0 Å². The molecule has 2 fully saturated rings. The Bertz CT molecular complexity index is 127. The van der Waals surface area contributed by atoms with Gasteiger partial charge < -0.3 is 5.11 Å². The first-order valence-electron chi connectivity index (χ1n) is 5.06. The molecule has 0 unspecified atom stereocenters. The lowest BCUT2D eigenvalue weighted by atomic mass is 9.88. The van der Waals surface area contributed by atoms with Crippen LogP contribution in [-0.4, -0.2) is 11.2 Å². The van der Waals surface area contributed by atoms with E-state index in [-0.39, 0.29) is 6.10 Å². The fraction of sp³-hybridized carbons (Fsp3) is 1.00. The van der Waals surface area contributed by atoms with E-state index in [0.717, 1.165) is 12.3 Å². The number of rotatable bonds is 1. The van der Waals surface area contributed by atoms with Crippen LogP contribution in [0.25, 0.3) is 0 Å². The standard InChI is InChI=1S/C10H18O/c11-10-7-3-6-9(10)8-4-1-2-5-8/h8-11H,1-7H2/t9-,10+/m0/s1. The number of hydrogen-bond acceptors (Lipinski definition) is 1. The monoisotopic (exact) mass is 154 g/mol. The largest absolute Gasteiger partial charge is 0.393 e. The Morgan fingerprint density at radius 2 is 1.55 bits per heavy atom. The van der Waals surface area contributed by atoms with Crippen molar-refractivity contribution in [1.29, 1.82) is 0 Å². The van der Waals surface area contributed by atoms with Gasteiger partial charge in [-0.1, -0.05) is 32.1 Å². The van der Waals surface area contributed by atoms with Gasteiger partial charge in [-0.2, -0.15) is 0 Å². The fourth-order valence-corrected chi connectivity index (χ4v) is 2.90. The van der Waals surface area contributed by atoms with E-state index in [2.05, 4.69) is 0 Å². The molecule has 11 heavy (non-hydrogen) atoms. The number of aliphatic hydroxyl groups excluding tert-OH is 1. The topological polar surface area (TPSA) is 20.2 Å². The summed E-state index contributed by atoms with van der Waals surface area (Å²) < 4.78 is 0. The van der Waals surface area contributed by atoms with Crippen molar-refractivity contribution in [3.63, 3.8) is 0 Å². The van der Waals surface area contributed by atoms with Crippen LogP contribution in [0.1, 0.15) is 44.9 Å². The van der Waals surface area contributed by atoms with Gasteiger partial charge in [0.15, 0.2) is 0 Å². The first-order chi connectivity index (χ1) is 5.38. The molecule has 2 aliphatic carbocycles. The van der Waals surface area contributed by atoms with Crippen LogP contribution in [0.5, 0.6) is 0 Å². The Balaban J connectivity index is 1.92. The summed E-state index contributed by atoms with van der Waals surface area (Å²) in [5.74, 6) is 1.56.